The number of hydrogen-bond donors (Lipinski definition) is 2. The highest BCUT2D eigenvalue weighted by molar-refractivity contribution is 7.15. The monoisotopic (exact) mass is 376 g/mol. The van der Waals surface area contributed by atoms with Crippen LogP contribution in [-0.4, -0.2) is 39.8 Å². The first kappa shape index (κ1) is 17.5. The van der Waals surface area contributed by atoms with Crippen LogP contribution in [0.4, 0.5) is 9.93 Å². The minimum Gasteiger partial charge on any atom is -0.323 e. The fraction of sp³-hybridized carbons (Fsp3) is 0.667. The molecule has 26 heavy (non-hydrogen) atoms. The number of imide groups is 1. The number of thiazole rings is 1. The molecule has 1 atom stereocenters. The highest BCUT2D eigenvalue weighted by Gasteiger charge is 2.52. The Morgan fingerprint density at radius 3 is 2.92 bits per heavy atom. The topological polar surface area (TPSA) is 91.4 Å². The van der Waals surface area contributed by atoms with Gasteiger partial charge in [0.15, 0.2) is 5.13 Å². The molecule has 2 heterocycles. The van der Waals surface area contributed by atoms with Crippen LogP contribution in [0.25, 0.3) is 0 Å². The van der Waals surface area contributed by atoms with E-state index in [0.29, 0.717) is 23.9 Å². The van der Waals surface area contributed by atoms with Crippen LogP contribution >= 0.6 is 11.3 Å². The van der Waals surface area contributed by atoms with Crippen LogP contribution in [0.2, 0.25) is 0 Å². The molecule has 0 radical (unpaired) electrons. The second-order valence-electron chi connectivity index (χ2n) is 7.71. The molecular formula is C18H24N4O3S. The number of rotatable bonds is 4. The standard InChI is InChI=1S/C18H24N4O3S/c1-11-4-5-12-13(10-11)26-16(19-12)20-14(23)6-9-22-15(24)18(21-17(22)25)7-2-3-8-18/h11H,2-10H2,1H3,(H,21,25)(H,19,20,23)/t11-/m1/s1. The van der Waals surface area contributed by atoms with Crippen LogP contribution in [0.3, 0.4) is 0 Å². The lowest BCUT2D eigenvalue weighted by molar-refractivity contribution is -0.131. The fourth-order valence-corrected chi connectivity index (χ4v) is 5.37. The molecule has 140 valence electrons. The molecule has 2 aliphatic carbocycles. The molecule has 3 aliphatic rings. The summed E-state index contributed by atoms with van der Waals surface area (Å²) in [6.45, 7) is 2.34. The largest absolute Gasteiger partial charge is 0.325 e. The number of fused-ring (bicyclic) bond motifs is 1. The average molecular weight is 376 g/mol. The minimum atomic E-state index is -0.710. The summed E-state index contributed by atoms with van der Waals surface area (Å²) in [5.41, 5.74) is 0.388. The van der Waals surface area contributed by atoms with Gasteiger partial charge in [-0.15, -0.1) is 11.3 Å². The Morgan fingerprint density at radius 2 is 2.15 bits per heavy atom. The zero-order chi connectivity index (χ0) is 18.3. The zero-order valence-corrected chi connectivity index (χ0v) is 15.8. The summed E-state index contributed by atoms with van der Waals surface area (Å²) in [6.07, 6.45) is 6.52. The molecule has 2 N–H and O–H groups in total. The van der Waals surface area contributed by atoms with E-state index in [1.54, 1.807) is 0 Å². The molecule has 1 aromatic rings. The summed E-state index contributed by atoms with van der Waals surface area (Å²) in [6, 6.07) is -0.372. The van der Waals surface area contributed by atoms with Crippen molar-refractivity contribution in [3.05, 3.63) is 10.6 Å². The average Bonchev–Trinajstić information content (AvgIpc) is 3.26. The first-order valence-corrected chi connectivity index (χ1v) is 10.2. The molecule has 0 unspecified atom stereocenters. The van der Waals surface area contributed by atoms with E-state index in [4.69, 9.17) is 0 Å². The van der Waals surface area contributed by atoms with E-state index in [-0.39, 0.29) is 30.8 Å². The first-order chi connectivity index (χ1) is 12.5. The van der Waals surface area contributed by atoms with Crippen molar-refractivity contribution in [2.75, 3.05) is 11.9 Å². The zero-order valence-electron chi connectivity index (χ0n) is 15.0. The van der Waals surface area contributed by atoms with Gasteiger partial charge >= 0.3 is 6.03 Å². The summed E-state index contributed by atoms with van der Waals surface area (Å²) in [5, 5.41) is 6.29. The molecule has 1 spiro atoms. The molecule has 0 bridgehead atoms. The number of hydrogen-bond acceptors (Lipinski definition) is 5. The Kier molecular flexibility index (Phi) is 4.46. The number of nitrogens with one attached hydrogen (secondary N) is 2. The molecule has 1 aromatic heterocycles. The number of anilines is 1. The lowest BCUT2D eigenvalue weighted by atomic mass is 9.93. The van der Waals surface area contributed by atoms with Gasteiger partial charge in [-0.25, -0.2) is 9.78 Å². The van der Waals surface area contributed by atoms with Gasteiger partial charge in [-0.1, -0.05) is 19.8 Å². The molecule has 1 saturated heterocycles. The van der Waals surface area contributed by atoms with E-state index in [9.17, 15) is 14.4 Å². The summed E-state index contributed by atoms with van der Waals surface area (Å²) < 4.78 is 0. The predicted octanol–water partition coefficient (Wildman–Crippen LogP) is 2.46. The van der Waals surface area contributed by atoms with E-state index in [0.717, 1.165) is 37.8 Å². The van der Waals surface area contributed by atoms with Gasteiger partial charge in [0.05, 0.1) is 5.69 Å². The van der Waals surface area contributed by atoms with Crippen LogP contribution in [-0.2, 0) is 22.4 Å². The molecule has 2 fully saturated rings. The van der Waals surface area contributed by atoms with Gasteiger partial charge in [0.2, 0.25) is 5.91 Å². The number of carbonyl (C=O) groups is 3. The van der Waals surface area contributed by atoms with E-state index >= 15 is 0 Å². The molecular weight excluding hydrogens is 352 g/mol. The summed E-state index contributed by atoms with van der Waals surface area (Å²) in [5.74, 6) is 0.276. The fourth-order valence-electron chi connectivity index (χ4n) is 4.19. The Labute approximate surface area is 156 Å². The second-order valence-corrected chi connectivity index (χ2v) is 8.79. The highest BCUT2D eigenvalue weighted by Crippen LogP contribution is 2.35. The Morgan fingerprint density at radius 1 is 1.38 bits per heavy atom. The van der Waals surface area contributed by atoms with Gasteiger partial charge in [0.25, 0.3) is 5.91 Å². The summed E-state index contributed by atoms with van der Waals surface area (Å²) >= 11 is 1.54. The molecule has 4 amide bonds. The molecule has 8 heteroatoms. The molecule has 7 nitrogen and oxygen atoms in total. The maximum atomic E-state index is 12.6. The van der Waals surface area contributed by atoms with Crippen molar-refractivity contribution in [1.82, 2.24) is 15.2 Å². The van der Waals surface area contributed by atoms with Crippen LogP contribution in [0, 0.1) is 5.92 Å². The number of carbonyl (C=O) groups excluding carboxylic acids is 3. The third kappa shape index (κ3) is 3.11. The van der Waals surface area contributed by atoms with Gasteiger partial charge in [-0.05, 0) is 38.0 Å². The maximum Gasteiger partial charge on any atom is 0.325 e. The minimum absolute atomic E-state index is 0.0931. The van der Waals surface area contributed by atoms with Crippen LogP contribution in [0.15, 0.2) is 0 Å². The maximum absolute atomic E-state index is 12.6. The van der Waals surface area contributed by atoms with Gasteiger partial charge in [0, 0.05) is 17.8 Å². The van der Waals surface area contributed by atoms with Crippen molar-refractivity contribution in [2.45, 2.75) is 63.8 Å². The van der Waals surface area contributed by atoms with Crippen molar-refractivity contribution in [3.8, 4) is 0 Å². The van der Waals surface area contributed by atoms with Crippen LogP contribution in [0.5, 0.6) is 0 Å². The van der Waals surface area contributed by atoms with Crippen molar-refractivity contribution in [2.24, 2.45) is 5.92 Å². The molecule has 1 aliphatic heterocycles. The predicted molar refractivity (Wildman–Crippen MR) is 98.0 cm³/mol. The van der Waals surface area contributed by atoms with Gasteiger partial charge < -0.3 is 10.6 Å². The quantitative estimate of drug-likeness (QED) is 0.790. The Bertz CT molecular complexity index is 754. The molecule has 4 rings (SSSR count). The Hall–Kier alpha value is -1.96. The molecule has 1 saturated carbocycles. The van der Waals surface area contributed by atoms with E-state index in [1.807, 2.05) is 0 Å². The highest BCUT2D eigenvalue weighted by atomic mass is 32.1. The smallest absolute Gasteiger partial charge is 0.323 e. The first-order valence-electron chi connectivity index (χ1n) is 9.39. The third-order valence-electron chi connectivity index (χ3n) is 5.70. The number of aryl methyl sites for hydroxylation is 1. The van der Waals surface area contributed by atoms with Crippen LogP contribution < -0.4 is 10.6 Å². The number of amides is 4. The van der Waals surface area contributed by atoms with E-state index in [1.165, 1.54) is 21.1 Å². The van der Waals surface area contributed by atoms with Crippen molar-refractivity contribution in [1.29, 1.82) is 0 Å². The van der Waals surface area contributed by atoms with Crippen molar-refractivity contribution in [3.63, 3.8) is 0 Å². The number of aromatic nitrogens is 1. The number of urea groups is 1. The van der Waals surface area contributed by atoms with E-state index < -0.39 is 5.54 Å². The summed E-state index contributed by atoms with van der Waals surface area (Å²) in [7, 11) is 0. The lowest BCUT2D eigenvalue weighted by Crippen LogP contribution is -2.44. The lowest BCUT2D eigenvalue weighted by Gasteiger charge is -2.19. The number of nitrogens with zero attached hydrogens (tertiary/aromatic N) is 2. The SMILES string of the molecule is C[C@@H]1CCc2nc(NC(=O)CCN3C(=O)NC4(CCCC4)C3=O)sc2C1. The van der Waals surface area contributed by atoms with Crippen molar-refractivity contribution < 1.29 is 14.4 Å². The van der Waals surface area contributed by atoms with Gasteiger partial charge in [-0.3, -0.25) is 14.5 Å². The molecule has 0 aromatic carbocycles. The van der Waals surface area contributed by atoms with Gasteiger partial charge in [-0.2, -0.15) is 0 Å². The Balaban J connectivity index is 1.33. The van der Waals surface area contributed by atoms with Crippen molar-refractivity contribution >= 4 is 34.3 Å². The van der Waals surface area contributed by atoms with E-state index in [2.05, 4.69) is 22.5 Å². The second kappa shape index (κ2) is 6.64. The third-order valence-corrected chi connectivity index (χ3v) is 6.73. The van der Waals surface area contributed by atoms with Crippen LogP contribution in [0.1, 0.15) is 56.0 Å². The van der Waals surface area contributed by atoms with Gasteiger partial charge in [0.1, 0.15) is 5.54 Å². The summed E-state index contributed by atoms with van der Waals surface area (Å²) in [4.78, 5) is 43.9. The normalized spacial score (nSPS) is 24.0.